The van der Waals surface area contributed by atoms with Crippen molar-refractivity contribution in [3.05, 3.63) is 0 Å². The molecule has 1 N–H and O–H groups in total. The van der Waals surface area contributed by atoms with E-state index in [0.29, 0.717) is 17.2 Å². The van der Waals surface area contributed by atoms with Crippen molar-refractivity contribution in [2.75, 3.05) is 11.5 Å². The van der Waals surface area contributed by atoms with E-state index in [0.717, 1.165) is 50.9 Å². The highest BCUT2D eigenvalue weighted by Gasteiger charge is 2.62. The molecule has 0 aromatic rings. The van der Waals surface area contributed by atoms with Crippen LogP contribution in [0.4, 0.5) is 0 Å². The third kappa shape index (κ3) is 2.81. The summed E-state index contributed by atoms with van der Waals surface area (Å²) in [5, 5.41) is 3.51. The summed E-state index contributed by atoms with van der Waals surface area (Å²) in [5.74, 6) is 1.56. The summed E-state index contributed by atoms with van der Waals surface area (Å²) in [6, 6.07) is 0.308. The van der Waals surface area contributed by atoms with Crippen molar-refractivity contribution >= 4 is 15.7 Å². The van der Waals surface area contributed by atoms with E-state index in [-0.39, 0.29) is 27.9 Å². The minimum atomic E-state index is -2.95. The summed E-state index contributed by atoms with van der Waals surface area (Å²) < 4.78 is 24.4. The van der Waals surface area contributed by atoms with E-state index >= 15 is 0 Å². The van der Waals surface area contributed by atoms with Gasteiger partial charge in [0.2, 0.25) is 5.91 Å². The van der Waals surface area contributed by atoms with Gasteiger partial charge in [0.15, 0.2) is 9.84 Å². The van der Waals surface area contributed by atoms with Crippen molar-refractivity contribution in [2.45, 2.75) is 91.5 Å². The molecule has 154 valence electrons. The number of fused-ring (bicyclic) bond motifs is 5. The quantitative estimate of drug-likeness (QED) is 0.762. The average Bonchev–Trinajstić information content (AvgIpc) is 2.96. The summed E-state index contributed by atoms with van der Waals surface area (Å²) in [4.78, 5) is 13.4. The molecule has 3 atom stereocenters. The van der Waals surface area contributed by atoms with Gasteiger partial charge < -0.3 is 5.32 Å². The summed E-state index contributed by atoms with van der Waals surface area (Å²) in [6.07, 6.45) is 8.96. The molecule has 0 spiro atoms. The zero-order valence-corrected chi connectivity index (χ0v) is 18.4. The maximum Gasteiger partial charge on any atom is 0.226 e. The molecule has 5 rings (SSSR count). The van der Waals surface area contributed by atoms with Crippen LogP contribution in [-0.4, -0.2) is 31.9 Å². The zero-order chi connectivity index (χ0) is 19.7. The van der Waals surface area contributed by atoms with Gasteiger partial charge in [-0.2, -0.15) is 0 Å². The van der Waals surface area contributed by atoms with Gasteiger partial charge in [-0.15, -0.1) is 0 Å². The third-order valence-electron chi connectivity index (χ3n) is 9.95. The molecule has 0 aromatic carbocycles. The number of hydrogen-bond donors (Lipinski definition) is 1. The third-order valence-corrected chi connectivity index (χ3v) is 11.9. The van der Waals surface area contributed by atoms with Crippen LogP contribution in [0.5, 0.6) is 0 Å². The summed E-state index contributed by atoms with van der Waals surface area (Å²) in [6.45, 7) is 8.90. The number of sulfone groups is 1. The van der Waals surface area contributed by atoms with E-state index in [1.165, 1.54) is 12.8 Å². The Labute approximate surface area is 165 Å². The van der Waals surface area contributed by atoms with Gasteiger partial charge in [0.05, 0.1) is 5.75 Å². The highest BCUT2D eigenvalue weighted by atomic mass is 32.2. The van der Waals surface area contributed by atoms with Crippen LogP contribution in [0.3, 0.4) is 0 Å². The van der Waals surface area contributed by atoms with E-state index in [1.807, 2.05) is 0 Å². The topological polar surface area (TPSA) is 63.2 Å². The molecule has 0 aliphatic heterocycles. The van der Waals surface area contributed by atoms with Crippen LogP contribution in [0, 0.1) is 27.6 Å². The first kappa shape index (κ1) is 19.7. The molecule has 0 saturated heterocycles. The Balaban J connectivity index is 1.44. The van der Waals surface area contributed by atoms with Crippen LogP contribution in [0.1, 0.15) is 85.5 Å². The molecule has 4 nitrogen and oxygen atoms in total. The van der Waals surface area contributed by atoms with Gasteiger partial charge in [-0.05, 0) is 80.0 Å². The van der Waals surface area contributed by atoms with E-state index in [1.54, 1.807) is 6.92 Å². The highest BCUT2D eigenvalue weighted by Crippen LogP contribution is 2.66. The monoisotopic (exact) mass is 395 g/mol. The van der Waals surface area contributed by atoms with Gasteiger partial charge in [-0.1, -0.05) is 27.7 Å². The van der Waals surface area contributed by atoms with Crippen molar-refractivity contribution < 1.29 is 13.2 Å². The van der Waals surface area contributed by atoms with Crippen molar-refractivity contribution in [3.63, 3.8) is 0 Å². The largest absolute Gasteiger partial charge is 0.352 e. The molecule has 0 aromatic heterocycles. The van der Waals surface area contributed by atoms with Crippen LogP contribution >= 0.6 is 0 Å². The minimum Gasteiger partial charge on any atom is -0.352 e. The van der Waals surface area contributed by atoms with Gasteiger partial charge in [0, 0.05) is 17.2 Å². The summed E-state index contributed by atoms with van der Waals surface area (Å²) in [5.41, 5.74) is 0.231. The molecule has 1 amide bonds. The van der Waals surface area contributed by atoms with Gasteiger partial charge in [0.25, 0.3) is 0 Å². The second-order valence-corrected chi connectivity index (χ2v) is 13.4. The van der Waals surface area contributed by atoms with Crippen molar-refractivity contribution in [2.24, 2.45) is 27.6 Å². The van der Waals surface area contributed by atoms with E-state index in [2.05, 4.69) is 26.1 Å². The van der Waals surface area contributed by atoms with Crippen LogP contribution in [-0.2, 0) is 14.6 Å². The fraction of sp³-hybridized carbons (Fsp3) is 0.955. The van der Waals surface area contributed by atoms with Gasteiger partial charge in [0.1, 0.15) is 0 Å². The minimum absolute atomic E-state index is 0.0583. The molecule has 0 unspecified atom stereocenters. The smallest absolute Gasteiger partial charge is 0.226 e. The Hall–Kier alpha value is -0.580. The number of amides is 1. The highest BCUT2D eigenvalue weighted by molar-refractivity contribution is 7.91. The molecular weight excluding hydrogens is 358 g/mol. The lowest BCUT2D eigenvalue weighted by molar-refractivity contribution is -0.141. The van der Waals surface area contributed by atoms with Crippen LogP contribution in [0.2, 0.25) is 0 Å². The summed E-state index contributed by atoms with van der Waals surface area (Å²) in [7, 11) is -2.95. The molecule has 5 aliphatic carbocycles. The van der Waals surface area contributed by atoms with E-state index in [4.69, 9.17) is 0 Å². The molecule has 5 heteroatoms. The molecular formula is C22H37NO3S. The Morgan fingerprint density at radius 1 is 1.00 bits per heavy atom. The average molecular weight is 396 g/mol. The van der Waals surface area contributed by atoms with E-state index in [9.17, 15) is 13.2 Å². The van der Waals surface area contributed by atoms with Crippen LogP contribution < -0.4 is 5.32 Å². The lowest BCUT2D eigenvalue weighted by Gasteiger charge is -2.53. The Morgan fingerprint density at radius 3 is 2.04 bits per heavy atom. The number of carbonyl (C=O) groups excluding carboxylic acids is 1. The maximum atomic E-state index is 13.4. The van der Waals surface area contributed by atoms with Crippen molar-refractivity contribution in [3.8, 4) is 0 Å². The number of carbonyl (C=O) groups is 1. The standard InChI is InChI=1S/C22H37NO3S/c1-5-27(25,26)15-21-8-11-22(12-9-21,13-10-21)18(24)23-17-14-16-6-7-20(17,4)19(16,2)3/h16-17H,5-15H2,1-4H3,(H,23,24)/t16-,17-,20+,21?,22?/m0/s1. The lowest BCUT2D eigenvalue weighted by Crippen LogP contribution is -2.56. The SMILES string of the molecule is CCS(=O)(=O)CC12CCC(C(=O)N[C@H]3C[C@@H]4CC[C@@]3(C)C4(C)C)(CC1)CC2. The second kappa shape index (κ2) is 5.96. The molecule has 0 heterocycles. The Bertz CT molecular complexity index is 716. The van der Waals surface area contributed by atoms with Gasteiger partial charge >= 0.3 is 0 Å². The Kier molecular flexibility index (Phi) is 4.36. The molecule has 27 heavy (non-hydrogen) atoms. The fourth-order valence-corrected chi connectivity index (χ4v) is 8.69. The zero-order valence-electron chi connectivity index (χ0n) is 17.6. The van der Waals surface area contributed by atoms with Crippen molar-refractivity contribution in [1.29, 1.82) is 0 Å². The molecule has 0 radical (unpaired) electrons. The normalized spacial score (nSPS) is 45.2. The Morgan fingerprint density at radius 2 is 1.59 bits per heavy atom. The first-order chi connectivity index (χ1) is 12.5. The van der Waals surface area contributed by atoms with Gasteiger partial charge in [-0.3, -0.25) is 4.79 Å². The lowest BCUT2D eigenvalue weighted by atomic mass is 9.54. The molecule has 5 aliphatic rings. The number of rotatable bonds is 5. The van der Waals surface area contributed by atoms with Crippen LogP contribution in [0.15, 0.2) is 0 Å². The number of hydrogen-bond acceptors (Lipinski definition) is 3. The molecule has 5 fully saturated rings. The fourth-order valence-electron chi connectivity index (χ4n) is 7.12. The predicted molar refractivity (Wildman–Crippen MR) is 108 cm³/mol. The molecule has 4 bridgehead atoms. The van der Waals surface area contributed by atoms with Crippen molar-refractivity contribution in [1.82, 2.24) is 5.32 Å². The maximum absolute atomic E-state index is 13.4. The number of nitrogens with one attached hydrogen (secondary N) is 1. The molecule has 5 saturated carbocycles. The first-order valence-electron chi connectivity index (χ1n) is 11.0. The second-order valence-electron chi connectivity index (χ2n) is 11.1. The predicted octanol–water partition coefficient (Wildman–Crippen LogP) is 4.09. The van der Waals surface area contributed by atoms with Gasteiger partial charge in [-0.25, -0.2) is 8.42 Å². The first-order valence-corrected chi connectivity index (χ1v) is 12.8. The van der Waals surface area contributed by atoms with Crippen LogP contribution in [0.25, 0.3) is 0 Å². The van der Waals surface area contributed by atoms with E-state index < -0.39 is 9.84 Å². The summed E-state index contributed by atoms with van der Waals surface area (Å²) >= 11 is 0.